The minimum absolute atomic E-state index is 0.185. The highest BCUT2D eigenvalue weighted by Gasteiger charge is 2.25. The molecule has 0 fully saturated rings. The van der Waals surface area contributed by atoms with E-state index in [0.717, 1.165) is 18.5 Å². The normalized spacial score (nSPS) is 10.8. The Morgan fingerprint density at radius 2 is 0.660 bits per heavy atom. The predicted octanol–water partition coefficient (Wildman–Crippen LogP) is 9.13. The van der Waals surface area contributed by atoms with Crippen LogP contribution < -0.4 is 0 Å². The maximum absolute atomic E-state index is 12.1. The van der Waals surface area contributed by atoms with E-state index in [2.05, 4.69) is 0 Å². The Labute approximate surface area is 293 Å². The Morgan fingerprint density at radius 1 is 0.434 bits per heavy atom. The number of nitrogens with zero attached hydrogens (tertiary/aromatic N) is 5. The highest BCUT2D eigenvalue weighted by atomic mass is 16.6. The summed E-state index contributed by atoms with van der Waals surface area (Å²) >= 11 is 0. The molecule has 1 aromatic heterocycles. The van der Waals surface area contributed by atoms with Crippen LogP contribution in [0, 0.1) is 40.5 Å². The molecule has 18 heteroatoms. The molecule has 53 heavy (non-hydrogen) atoms. The Balaban J connectivity index is 0.000000902. The van der Waals surface area contributed by atoms with Gasteiger partial charge in [-0.2, -0.15) is 0 Å². The van der Waals surface area contributed by atoms with E-state index in [9.17, 15) is 45.3 Å². The number of non-ortho nitro benzene ring substituents is 4. The van der Waals surface area contributed by atoms with Gasteiger partial charge >= 0.3 is 22.7 Å². The molecule has 0 N–H and O–H groups in total. The van der Waals surface area contributed by atoms with Gasteiger partial charge in [0.15, 0.2) is 22.3 Å². The van der Waals surface area contributed by atoms with E-state index in [0.29, 0.717) is 33.7 Å². The van der Waals surface area contributed by atoms with Crippen LogP contribution in [0.2, 0.25) is 0 Å². The van der Waals surface area contributed by atoms with Gasteiger partial charge in [0.2, 0.25) is 28.7 Å². The van der Waals surface area contributed by atoms with Crippen molar-refractivity contribution in [3.63, 3.8) is 0 Å². The Hall–Kier alpha value is -7.89. The summed E-state index contributed by atoms with van der Waals surface area (Å²) in [6.07, 6.45) is 0.750. The first-order valence-electron chi connectivity index (χ1n) is 15.1. The monoisotopic (exact) mass is 721 g/mol. The molecule has 7 rings (SSSR count). The lowest BCUT2D eigenvalue weighted by Crippen LogP contribution is -2.06. The average molecular weight is 722 g/mol. The molecule has 0 unspecified atom stereocenters. The predicted molar refractivity (Wildman–Crippen MR) is 191 cm³/mol. The maximum Gasteiger partial charge on any atom is 0.318 e. The van der Waals surface area contributed by atoms with Gasteiger partial charge in [-0.3, -0.25) is 45.3 Å². The topological polar surface area (TPSA) is 245 Å². The summed E-state index contributed by atoms with van der Waals surface area (Å²) < 4.78 is 24.0. The highest BCUT2D eigenvalue weighted by molar-refractivity contribution is 5.96. The maximum atomic E-state index is 12.1. The second-order valence-electron chi connectivity index (χ2n) is 11.4. The summed E-state index contributed by atoms with van der Waals surface area (Å²) in [6, 6.07) is 22.6. The minimum Gasteiger partial charge on any atom is -0.446 e. The van der Waals surface area contributed by atoms with E-state index in [1.807, 2.05) is 0 Å². The minimum atomic E-state index is -0.880. The molecule has 6 aromatic carbocycles. The van der Waals surface area contributed by atoms with Gasteiger partial charge in [-0.05, 0) is 45.8 Å². The van der Waals surface area contributed by atoms with E-state index in [1.165, 1.54) is 29.2 Å². The first-order chi connectivity index (χ1) is 25.3. The van der Waals surface area contributed by atoms with Crippen molar-refractivity contribution < 1.29 is 42.2 Å². The first-order valence-corrected chi connectivity index (χ1v) is 15.1. The number of nitro benzene ring substituents is 4. The number of carbonyl (C=O) groups excluding carboxylic acids is 1. The molecule has 0 aliphatic heterocycles. The van der Waals surface area contributed by atoms with Gasteiger partial charge in [0.1, 0.15) is 12.1 Å². The summed E-state index contributed by atoms with van der Waals surface area (Å²) in [4.78, 5) is 55.9. The lowest BCUT2D eigenvalue weighted by molar-refractivity contribution is -0.393. The van der Waals surface area contributed by atoms with Crippen LogP contribution in [0.5, 0.6) is 0 Å². The van der Waals surface area contributed by atoms with Crippen LogP contribution in [0.3, 0.4) is 0 Å². The van der Waals surface area contributed by atoms with Crippen LogP contribution in [0.4, 0.5) is 22.7 Å². The van der Waals surface area contributed by atoms with Gasteiger partial charge in [0.05, 0.1) is 19.7 Å². The van der Waals surface area contributed by atoms with Gasteiger partial charge in [0.25, 0.3) is 0 Å². The number of fused-ring (bicyclic) bond motifs is 8. The Morgan fingerprint density at radius 3 is 0.849 bits per heavy atom. The smallest absolute Gasteiger partial charge is 0.318 e. The largest absolute Gasteiger partial charge is 0.446 e. The molecular formula is C35H23N5O13. The molecule has 0 saturated heterocycles. The van der Waals surface area contributed by atoms with E-state index in [1.54, 1.807) is 62.6 Å². The number of nitro groups is 4. The molecule has 0 saturated carbocycles. The summed E-state index contributed by atoms with van der Waals surface area (Å²) in [7, 11) is 3.38. The molecule has 7 aromatic rings. The van der Waals surface area contributed by atoms with Crippen molar-refractivity contribution in [2.45, 2.75) is 0 Å². The first kappa shape index (κ1) is 35.0. The lowest BCUT2D eigenvalue weighted by Gasteiger charge is -2.03. The molecule has 0 atom stereocenters. The zero-order chi connectivity index (χ0) is 38.0. The van der Waals surface area contributed by atoms with Gasteiger partial charge in [-0.25, -0.2) is 0 Å². The van der Waals surface area contributed by atoms with Crippen LogP contribution in [-0.4, -0.2) is 45.1 Å². The van der Waals surface area contributed by atoms with Crippen molar-refractivity contribution in [2.75, 3.05) is 14.1 Å². The van der Waals surface area contributed by atoms with Crippen molar-refractivity contribution in [3.8, 4) is 0 Å². The van der Waals surface area contributed by atoms with Crippen LogP contribution in [0.15, 0.2) is 115 Å². The van der Waals surface area contributed by atoms with E-state index in [-0.39, 0.29) is 22.3 Å². The van der Waals surface area contributed by atoms with Crippen molar-refractivity contribution in [2.24, 2.45) is 0 Å². The summed E-state index contributed by atoms with van der Waals surface area (Å²) in [5, 5.41) is 50.9. The van der Waals surface area contributed by atoms with Crippen molar-refractivity contribution in [1.82, 2.24) is 4.90 Å². The molecule has 1 amide bonds. The number of benzene rings is 6. The third kappa shape index (κ3) is 7.22. The van der Waals surface area contributed by atoms with E-state index < -0.39 is 64.8 Å². The van der Waals surface area contributed by atoms with Crippen LogP contribution in [-0.2, 0) is 4.79 Å². The van der Waals surface area contributed by atoms with Gasteiger partial charge in [0, 0.05) is 26.2 Å². The lowest BCUT2D eigenvalue weighted by atomic mass is 10.1. The number of hydrogen-bond donors (Lipinski definition) is 0. The SMILES string of the molecule is CN(C)C=O.O=[N+]([O-])c1cc([N+](=O)[O-])c2cc1oc1cc3ccccc3cc1oc1cc(oc3cc4ccccc4cc3o2)c([N+](=O)[O-])cc1[N+](=O)[O-]. The third-order valence-electron chi connectivity index (χ3n) is 7.58. The average Bonchev–Trinajstić information content (AvgIpc) is 3.11. The van der Waals surface area contributed by atoms with Crippen LogP contribution in [0.1, 0.15) is 0 Å². The molecule has 0 spiro atoms. The fourth-order valence-electron chi connectivity index (χ4n) is 5.17. The zero-order valence-electron chi connectivity index (χ0n) is 27.4. The fraction of sp³-hybridized carbons (Fsp3) is 0.0571. The summed E-state index contributed by atoms with van der Waals surface area (Å²) in [6.45, 7) is 0. The molecule has 0 aliphatic carbocycles. The van der Waals surface area contributed by atoms with Crippen molar-refractivity contribution in [3.05, 3.63) is 138 Å². The third-order valence-corrected chi connectivity index (χ3v) is 7.58. The quantitative estimate of drug-likeness (QED) is 0.0914. The van der Waals surface area contributed by atoms with E-state index >= 15 is 0 Å². The van der Waals surface area contributed by atoms with Gasteiger partial charge < -0.3 is 22.6 Å². The Bertz CT molecular complexity index is 2470. The highest BCUT2D eigenvalue weighted by Crippen LogP contribution is 2.36. The van der Waals surface area contributed by atoms with Crippen molar-refractivity contribution in [1.29, 1.82) is 0 Å². The zero-order valence-corrected chi connectivity index (χ0v) is 27.4. The van der Waals surface area contributed by atoms with Gasteiger partial charge in [-0.1, -0.05) is 48.5 Å². The molecule has 18 nitrogen and oxygen atoms in total. The number of rotatable bonds is 5. The number of amides is 1. The molecular weight excluding hydrogens is 698 g/mol. The molecule has 266 valence electrons. The second-order valence-corrected chi connectivity index (χ2v) is 11.4. The Kier molecular flexibility index (Phi) is 9.33. The summed E-state index contributed by atoms with van der Waals surface area (Å²) in [5.41, 5.74) is -5.86. The van der Waals surface area contributed by atoms with E-state index in [4.69, 9.17) is 17.7 Å². The summed E-state index contributed by atoms with van der Waals surface area (Å²) in [5.74, 6) is 0. The van der Waals surface area contributed by atoms with Crippen molar-refractivity contribution >= 4 is 95.4 Å². The molecule has 1 heterocycles. The van der Waals surface area contributed by atoms with Gasteiger partial charge in [-0.15, -0.1) is 0 Å². The van der Waals surface area contributed by atoms with Crippen LogP contribution >= 0.6 is 0 Å². The van der Waals surface area contributed by atoms with Crippen LogP contribution in [0.25, 0.3) is 66.2 Å². The molecule has 0 aliphatic rings. The number of hydrogen-bond acceptors (Lipinski definition) is 13. The molecule has 0 radical (unpaired) electrons. The fourth-order valence-corrected chi connectivity index (χ4v) is 5.17. The number of carbonyl (C=O) groups is 1. The standard InChI is InChI=1S/C32H16N4O12.C3H7NO/c37-33(38)21-13-23(35(41)42)27-15-25(21)45-29-9-17-5-1-2-6-18(17)10-30(29)46-26-16-28(24(36(43)44)14-22(26)34(39)40)48-32-12-20-8-4-3-7-19(20)11-31(32)47-27;1-4(2)3-5/h1-16H;3H,1-2H3. The second kappa shape index (κ2) is 14.2. The molecule has 4 bridgehead atoms.